The molecule has 10 aromatic rings. The van der Waals surface area contributed by atoms with Crippen molar-refractivity contribution in [1.82, 2.24) is 9.13 Å². The molecule has 0 aliphatic rings. The molecule has 55 heavy (non-hydrogen) atoms. The normalized spacial score (nSPS) is 11.2. The molecule has 0 fully saturated rings. The predicted octanol–water partition coefficient (Wildman–Crippen LogP) is 12.2. The number of nitrogens with zero attached hydrogens (tertiary/aromatic N) is 2. The van der Waals surface area contributed by atoms with Crippen LogP contribution in [0.15, 0.2) is 194 Å². The lowest BCUT2D eigenvalue weighted by Gasteiger charge is -2.10. The zero-order valence-electron chi connectivity index (χ0n) is 29.7. The van der Waals surface area contributed by atoms with Gasteiger partial charge in [-0.3, -0.25) is 0 Å². The quantitative estimate of drug-likeness (QED) is 0.102. The second-order valence-corrected chi connectivity index (χ2v) is 13.6. The first kappa shape index (κ1) is 32.1. The van der Waals surface area contributed by atoms with Crippen LogP contribution in [0.1, 0.15) is 21.5 Å². The summed E-state index contributed by atoms with van der Waals surface area (Å²) in [7, 11) is 0. The molecule has 0 saturated carbocycles. The largest absolute Gasteiger partial charge is 0.423 e. The molecule has 10 rings (SSSR count). The standard InChI is InChI=1S/C51H32N2O2/c54-51(55-42-33-31-41(32-34-42)53-49-15-7-3-11-45(49)46-12-4-8-16-50(46)53)39-27-25-38(26-28-39)37-23-19-35(20-24-37)17-18-36-21-29-40(30-22-36)52-47-13-5-1-9-43(47)44-10-2-6-14-48(44)52/h1-16,19-34H. The molecule has 0 aliphatic heterocycles. The maximum Gasteiger partial charge on any atom is 0.343 e. The average Bonchev–Trinajstić information content (AvgIpc) is 3.77. The van der Waals surface area contributed by atoms with E-state index >= 15 is 0 Å². The number of aromatic nitrogens is 2. The number of para-hydroxylation sites is 4. The van der Waals surface area contributed by atoms with E-state index in [2.05, 4.69) is 154 Å². The summed E-state index contributed by atoms with van der Waals surface area (Å²) in [5, 5.41) is 4.91. The number of carbonyl (C=O) groups excluding carboxylic acids is 1. The van der Waals surface area contributed by atoms with Gasteiger partial charge in [-0.2, -0.15) is 0 Å². The van der Waals surface area contributed by atoms with Crippen molar-refractivity contribution in [2.45, 2.75) is 0 Å². The highest BCUT2D eigenvalue weighted by atomic mass is 16.5. The first-order chi connectivity index (χ1) is 27.2. The maximum atomic E-state index is 13.1. The number of carbonyl (C=O) groups is 1. The smallest absolute Gasteiger partial charge is 0.343 e. The highest BCUT2D eigenvalue weighted by Gasteiger charge is 2.14. The number of esters is 1. The molecule has 0 amide bonds. The van der Waals surface area contributed by atoms with Crippen LogP contribution in [0, 0.1) is 11.8 Å². The summed E-state index contributed by atoms with van der Waals surface area (Å²) < 4.78 is 10.3. The van der Waals surface area contributed by atoms with Crippen molar-refractivity contribution in [3.8, 4) is 40.1 Å². The van der Waals surface area contributed by atoms with Gasteiger partial charge in [-0.25, -0.2) is 4.79 Å². The van der Waals surface area contributed by atoms with Crippen LogP contribution in [0.25, 0.3) is 66.1 Å². The molecule has 0 atom stereocenters. The van der Waals surface area contributed by atoms with E-state index in [1.807, 2.05) is 48.5 Å². The van der Waals surface area contributed by atoms with Crippen LogP contribution in [-0.4, -0.2) is 15.1 Å². The highest BCUT2D eigenvalue weighted by Crippen LogP contribution is 2.33. The molecule has 4 nitrogen and oxygen atoms in total. The van der Waals surface area contributed by atoms with Gasteiger partial charge in [-0.1, -0.05) is 109 Å². The zero-order valence-corrected chi connectivity index (χ0v) is 29.7. The van der Waals surface area contributed by atoms with Gasteiger partial charge in [0.2, 0.25) is 0 Å². The van der Waals surface area contributed by atoms with Crippen molar-refractivity contribution in [3.63, 3.8) is 0 Å². The molecule has 0 unspecified atom stereocenters. The van der Waals surface area contributed by atoms with Gasteiger partial charge in [0.05, 0.1) is 27.6 Å². The lowest BCUT2D eigenvalue weighted by atomic mass is 10.0. The third-order valence-electron chi connectivity index (χ3n) is 10.3. The Labute approximate surface area is 318 Å². The fourth-order valence-corrected chi connectivity index (χ4v) is 7.61. The lowest BCUT2D eigenvalue weighted by molar-refractivity contribution is 0.0734. The van der Waals surface area contributed by atoms with E-state index in [0.717, 1.165) is 44.7 Å². The van der Waals surface area contributed by atoms with Gasteiger partial charge < -0.3 is 13.9 Å². The van der Waals surface area contributed by atoms with E-state index in [1.165, 1.54) is 32.6 Å². The van der Waals surface area contributed by atoms with Crippen molar-refractivity contribution in [2.24, 2.45) is 0 Å². The predicted molar refractivity (Wildman–Crippen MR) is 224 cm³/mol. The SMILES string of the molecule is O=C(Oc1ccc(-n2c3ccccc3c3ccccc32)cc1)c1ccc(-c2ccc(C#Cc3ccc(-n4c5ccccc5c5ccccc54)cc3)cc2)cc1. The van der Waals surface area contributed by atoms with Gasteiger partial charge in [0.1, 0.15) is 5.75 Å². The number of hydrogen-bond donors (Lipinski definition) is 0. The van der Waals surface area contributed by atoms with Gasteiger partial charge in [0.15, 0.2) is 0 Å². The summed E-state index contributed by atoms with van der Waals surface area (Å²) in [5.74, 6) is 6.72. The molecule has 4 heteroatoms. The minimum atomic E-state index is -0.398. The summed E-state index contributed by atoms with van der Waals surface area (Å²) in [6.45, 7) is 0. The third-order valence-corrected chi connectivity index (χ3v) is 10.3. The summed E-state index contributed by atoms with van der Waals surface area (Å²) >= 11 is 0. The maximum absolute atomic E-state index is 13.1. The molecule has 258 valence electrons. The van der Waals surface area contributed by atoms with Crippen molar-refractivity contribution >= 4 is 49.6 Å². The third kappa shape index (κ3) is 5.81. The van der Waals surface area contributed by atoms with Crippen LogP contribution in [-0.2, 0) is 0 Å². The number of rotatable bonds is 5. The molecule has 0 saturated heterocycles. The van der Waals surface area contributed by atoms with Crippen LogP contribution in [0.3, 0.4) is 0 Å². The Morgan fingerprint density at radius 1 is 0.382 bits per heavy atom. The van der Waals surface area contributed by atoms with E-state index < -0.39 is 5.97 Å². The zero-order chi connectivity index (χ0) is 36.7. The van der Waals surface area contributed by atoms with E-state index in [0.29, 0.717) is 11.3 Å². The Balaban J connectivity index is 0.809. The Morgan fingerprint density at radius 3 is 1.15 bits per heavy atom. The molecule has 0 spiro atoms. The van der Waals surface area contributed by atoms with Crippen LogP contribution in [0.2, 0.25) is 0 Å². The van der Waals surface area contributed by atoms with E-state index in [4.69, 9.17) is 4.74 Å². The molecule has 2 heterocycles. The van der Waals surface area contributed by atoms with Gasteiger partial charge in [0.25, 0.3) is 0 Å². The van der Waals surface area contributed by atoms with Gasteiger partial charge >= 0.3 is 5.97 Å². The van der Waals surface area contributed by atoms with E-state index in [1.54, 1.807) is 12.1 Å². The van der Waals surface area contributed by atoms with Crippen molar-refractivity contribution in [1.29, 1.82) is 0 Å². The molecule has 0 N–H and O–H groups in total. The second-order valence-electron chi connectivity index (χ2n) is 13.6. The van der Waals surface area contributed by atoms with Crippen molar-refractivity contribution in [3.05, 3.63) is 211 Å². The van der Waals surface area contributed by atoms with Gasteiger partial charge in [-0.15, -0.1) is 0 Å². The number of hydrogen-bond acceptors (Lipinski definition) is 2. The molecule has 0 radical (unpaired) electrons. The fraction of sp³-hybridized carbons (Fsp3) is 0. The van der Waals surface area contributed by atoms with Crippen LogP contribution in [0.4, 0.5) is 0 Å². The number of ether oxygens (including phenoxy) is 1. The first-order valence-electron chi connectivity index (χ1n) is 18.3. The van der Waals surface area contributed by atoms with Crippen molar-refractivity contribution in [2.75, 3.05) is 0 Å². The number of fused-ring (bicyclic) bond motifs is 6. The molecular weight excluding hydrogens is 673 g/mol. The molecule has 2 aromatic heterocycles. The summed E-state index contributed by atoms with van der Waals surface area (Å²) in [6.07, 6.45) is 0. The van der Waals surface area contributed by atoms with E-state index in [-0.39, 0.29) is 0 Å². The Kier molecular flexibility index (Phi) is 7.83. The number of benzene rings is 8. The molecular formula is C51H32N2O2. The van der Waals surface area contributed by atoms with Crippen LogP contribution >= 0.6 is 0 Å². The molecule has 0 aliphatic carbocycles. The Bertz CT molecular complexity index is 3000. The fourth-order valence-electron chi connectivity index (χ4n) is 7.61. The molecule has 0 bridgehead atoms. The van der Waals surface area contributed by atoms with Gasteiger partial charge in [-0.05, 0) is 108 Å². The topological polar surface area (TPSA) is 36.2 Å². The van der Waals surface area contributed by atoms with E-state index in [9.17, 15) is 4.79 Å². The van der Waals surface area contributed by atoms with Crippen LogP contribution < -0.4 is 4.74 Å². The van der Waals surface area contributed by atoms with Crippen LogP contribution in [0.5, 0.6) is 5.75 Å². The minimum absolute atomic E-state index is 0.398. The Morgan fingerprint density at radius 2 is 0.727 bits per heavy atom. The summed E-state index contributed by atoms with van der Waals surface area (Å²) in [5.41, 5.74) is 11.2. The first-order valence-corrected chi connectivity index (χ1v) is 18.3. The molecule has 8 aromatic carbocycles. The summed E-state index contributed by atoms with van der Waals surface area (Å²) in [4.78, 5) is 13.1. The highest BCUT2D eigenvalue weighted by molar-refractivity contribution is 6.10. The monoisotopic (exact) mass is 704 g/mol. The average molecular weight is 705 g/mol. The lowest BCUT2D eigenvalue weighted by Crippen LogP contribution is -2.08. The van der Waals surface area contributed by atoms with Gasteiger partial charge in [0, 0.05) is 44.0 Å². The summed E-state index contributed by atoms with van der Waals surface area (Å²) in [6, 6.07) is 65.6. The minimum Gasteiger partial charge on any atom is -0.423 e. The van der Waals surface area contributed by atoms with Crippen molar-refractivity contribution < 1.29 is 9.53 Å². The second kappa shape index (κ2) is 13.4. The Hall–Kier alpha value is -7.61.